The molecule has 0 spiro atoms. The van der Waals surface area contributed by atoms with E-state index in [0.29, 0.717) is 19.6 Å². The van der Waals surface area contributed by atoms with Crippen LogP contribution < -0.4 is 0 Å². The summed E-state index contributed by atoms with van der Waals surface area (Å²) in [6.07, 6.45) is 0.698. The minimum absolute atomic E-state index is 0.0876. The Kier molecular flexibility index (Phi) is 7.69. The molecule has 0 amide bonds. The van der Waals surface area contributed by atoms with Gasteiger partial charge in [0.15, 0.2) is 11.1 Å². The number of methoxy groups -OCH3 is 1. The summed E-state index contributed by atoms with van der Waals surface area (Å²) in [6, 6.07) is 0. The van der Waals surface area contributed by atoms with Gasteiger partial charge in [-0.2, -0.15) is 0 Å². The van der Waals surface area contributed by atoms with Crippen LogP contribution in [0, 0.1) is 0 Å². The zero-order valence-corrected chi connectivity index (χ0v) is 8.30. The number of hydrogen-bond donors (Lipinski definition) is 1. The first kappa shape index (κ1) is 12.0. The molecule has 5 heteroatoms. The van der Waals surface area contributed by atoms with Crippen LogP contribution >= 0.6 is 0 Å². The van der Waals surface area contributed by atoms with Crippen LogP contribution in [0.4, 0.5) is 0 Å². The van der Waals surface area contributed by atoms with Crippen molar-refractivity contribution in [2.45, 2.75) is 19.4 Å². The lowest BCUT2D eigenvalue weighted by Crippen LogP contribution is -2.14. The molecule has 2 unspecified atom stereocenters. The van der Waals surface area contributed by atoms with E-state index in [1.165, 1.54) is 0 Å². The highest BCUT2D eigenvalue weighted by atomic mass is 32.2. The summed E-state index contributed by atoms with van der Waals surface area (Å²) < 4.78 is 28.7. The third-order valence-corrected chi connectivity index (χ3v) is 2.00. The van der Waals surface area contributed by atoms with Gasteiger partial charge in [0.2, 0.25) is 0 Å². The standard InChI is InChI=1S/C7H16O4S/c1-7(10-2)6-11-4-3-5-12(8)9/h7H,3-6H2,1-2H3,(H,8,9). The minimum atomic E-state index is -1.69. The Balaban J connectivity index is 3.05. The highest BCUT2D eigenvalue weighted by molar-refractivity contribution is 7.79. The van der Waals surface area contributed by atoms with Gasteiger partial charge in [0.05, 0.1) is 18.5 Å². The molecule has 4 nitrogen and oxygen atoms in total. The van der Waals surface area contributed by atoms with Crippen LogP contribution in [0.3, 0.4) is 0 Å². The van der Waals surface area contributed by atoms with Crippen LogP contribution in [0.5, 0.6) is 0 Å². The Bertz CT molecular complexity index is 129. The first-order chi connectivity index (χ1) is 5.66. The van der Waals surface area contributed by atoms with E-state index in [0.717, 1.165) is 0 Å². The van der Waals surface area contributed by atoms with Crippen LogP contribution in [-0.2, 0) is 20.6 Å². The molecule has 12 heavy (non-hydrogen) atoms. The lowest BCUT2D eigenvalue weighted by Gasteiger charge is -2.09. The zero-order valence-electron chi connectivity index (χ0n) is 7.49. The summed E-state index contributed by atoms with van der Waals surface area (Å²) >= 11 is -1.69. The summed E-state index contributed by atoms with van der Waals surface area (Å²) in [7, 11) is 1.62. The van der Waals surface area contributed by atoms with Gasteiger partial charge in [-0.15, -0.1) is 0 Å². The summed E-state index contributed by atoms with van der Waals surface area (Å²) in [5.74, 6) is 0.279. The van der Waals surface area contributed by atoms with Crippen LogP contribution in [0.25, 0.3) is 0 Å². The fourth-order valence-electron chi connectivity index (χ4n) is 0.602. The summed E-state index contributed by atoms with van der Waals surface area (Å²) in [5, 5.41) is 0. The van der Waals surface area contributed by atoms with Crippen molar-refractivity contribution in [3.63, 3.8) is 0 Å². The van der Waals surface area contributed by atoms with Gasteiger partial charge in [0.1, 0.15) is 0 Å². The van der Waals surface area contributed by atoms with Crippen molar-refractivity contribution >= 4 is 11.1 Å². The topological polar surface area (TPSA) is 55.8 Å². The third kappa shape index (κ3) is 8.13. The van der Waals surface area contributed by atoms with E-state index >= 15 is 0 Å². The lowest BCUT2D eigenvalue weighted by molar-refractivity contribution is 0.0190. The van der Waals surface area contributed by atoms with Crippen molar-refractivity contribution < 1.29 is 18.2 Å². The highest BCUT2D eigenvalue weighted by Crippen LogP contribution is 1.91. The smallest absolute Gasteiger partial charge is 0.152 e. The van der Waals surface area contributed by atoms with E-state index in [2.05, 4.69) is 0 Å². The van der Waals surface area contributed by atoms with Gasteiger partial charge in [0, 0.05) is 13.7 Å². The predicted octanol–water partition coefficient (Wildman–Crippen LogP) is 0.650. The normalized spacial score (nSPS) is 15.9. The molecule has 0 saturated heterocycles. The number of ether oxygens (including phenoxy) is 2. The molecule has 0 aromatic rings. The molecule has 0 aliphatic rings. The molecule has 0 radical (unpaired) electrons. The SMILES string of the molecule is COC(C)COCCCS(=O)O. The Labute approximate surface area is 75.5 Å². The van der Waals surface area contributed by atoms with Gasteiger partial charge in [-0.1, -0.05) is 0 Å². The van der Waals surface area contributed by atoms with Gasteiger partial charge < -0.3 is 14.0 Å². The highest BCUT2D eigenvalue weighted by Gasteiger charge is 1.99. The fraction of sp³-hybridized carbons (Fsp3) is 1.00. The molecule has 0 rings (SSSR count). The second kappa shape index (κ2) is 7.67. The molecule has 0 fully saturated rings. The van der Waals surface area contributed by atoms with Crippen molar-refractivity contribution in [1.29, 1.82) is 0 Å². The van der Waals surface area contributed by atoms with Crippen molar-refractivity contribution in [2.75, 3.05) is 26.1 Å². The van der Waals surface area contributed by atoms with Gasteiger partial charge in [-0.05, 0) is 13.3 Å². The van der Waals surface area contributed by atoms with Gasteiger partial charge in [-0.3, -0.25) is 0 Å². The van der Waals surface area contributed by atoms with E-state index in [1.807, 2.05) is 6.92 Å². The molecule has 0 saturated carbocycles. The average Bonchev–Trinajstić information content (AvgIpc) is 2.03. The monoisotopic (exact) mass is 196 g/mol. The van der Waals surface area contributed by atoms with E-state index in [1.54, 1.807) is 7.11 Å². The van der Waals surface area contributed by atoms with Crippen molar-refractivity contribution in [3.8, 4) is 0 Å². The van der Waals surface area contributed by atoms with Crippen LogP contribution in [0.2, 0.25) is 0 Å². The maximum Gasteiger partial charge on any atom is 0.152 e. The van der Waals surface area contributed by atoms with Crippen LogP contribution in [-0.4, -0.2) is 40.9 Å². The summed E-state index contributed by atoms with van der Waals surface area (Å²) in [6.45, 7) is 2.96. The molecular formula is C7H16O4S. The van der Waals surface area contributed by atoms with Crippen LogP contribution in [0.15, 0.2) is 0 Å². The molecule has 0 aliphatic heterocycles. The summed E-state index contributed by atoms with van der Waals surface area (Å²) in [4.78, 5) is 0. The van der Waals surface area contributed by atoms with E-state index < -0.39 is 11.1 Å². The number of hydrogen-bond acceptors (Lipinski definition) is 3. The maximum atomic E-state index is 10.2. The molecule has 0 aliphatic carbocycles. The predicted molar refractivity (Wildman–Crippen MR) is 47.5 cm³/mol. The largest absolute Gasteiger partial charge is 0.379 e. The molecule has 0 heterocycles. The lowest BCUT2D eigenvalue weighted by atomic mass is 10.4. The Hall–Kier alpha value is 0.0300. The Morgan fingerprint density at radius 3 is 2.75 bits per heavy atom. The molecule has 0 bridgehead atoms. The van der Waals surface area contributed by atoms with E-state index in [9.17, 15) is 4.21 Å². The molecular weight excluding hydrogens is 180 g/mol. The second-order valence-electron chi connectivity index (χ2n) is 2.50. The fourth-order valence-corrected chi connectivity index (χ4v) is 0.967. The van der Waals surface area contributed by atoms with Crippen molar-refractivity contribution in [2.24, 2.45) is 0 Å². The Morgan fingerprint density at radius 1 is 1.58 bits per heavy atom. The first-order valence-corrected chi connectivity index (χ1v) is 5.12. The quantitative estimate of drug-likeness (QED) is 0.480. The molecule has 74 valence electrons. The van der Waals surface area contributed by atoms with Gasteiger partial charge >= 0.3 is 0 Å². The second-order valence-corrected chi connectivity index (χ2v) is 3.55. The minimum Gasteiger partial charge on any atom is -0.379 e. The van der Waals surface area contributed by atoms with Crippen LogP contribution in [0.1, 0.15) is 13.3 Å². The first-order valence-electron chi connectivity index (χ1n) is 3.84. The molecule has 2 atom stereocenters. The Morgan fingerprint density at radius 2 is 2.25 bits per heavy atom. The average molecular weight is 196 g/mol. The van der Waals surface area contributed by atoms with Crippen molar-refractivity contribution in [1.82, 2.24) is 0 Å². The maximum absolute atomic E-state index is 10.2. The van der Waals surface area contributed by atoms with Gasteiger partial charge in [0.25, 0.3) is 0 Å². The molecule has 1 N–H and O–H groups in total. The summed E-state index contributed by atoms with van der Waals surface area (Å²) in [5.41, 5.74) is 0. The van der Waals surface area contributed by atoms with Gasteiger partial charge in [-0.25, -0.2) is 4.21 Å². The third-order valence-electron chi connectivity index (χ3n) is 1.36. The van der Waals surface area contributed by atoms with E-state index in [4.69, 9.17) is 14.0 Å². The molecule has 0 aromatic heterocycles. The molecule has 0 aromatic carbocycles. The van der Waals surface area contributed by atoms with Crippen molar-refractivity contribution in [3.05, 3.63) is 0 Å². The number of rotatable bonds is 7. The van der Waals surface area contributed by atoms with E-state index in [-0.39, 0.29) is 11.9 Å². The zero-order chi connectivity index (χ0) is 9.40.